The molecule has 1 aromatic carbocycles. The van der Waals surface area contributed by atoms with Gasteiger partial charge in [0.25, 0.3) is 5.56 Å². The summed E-state index contributed by atoms with van der Waals surface area (Å²) in [7, 11) is -3.60. The Bertz CT molecular complexity index is 1780. The first kappa shape index (κ1) is 26.0. The van der Waals surface area contributed by atoms with E-state index in [0.717, 1.165) is 16.5 Å². The molecule has 1 saturated heterocycles. The Balaban J connectivity index is 1.24. The van der Waals surface area contributed by atoms with Gasteiger partial charge in [-0.25, -0.2) is 13.4 Å². The van der Waals surface area contributed by atoms with Crippen LogP contribution in [0.15, 0.2) is 51.6 Å². The highest BCUT2D eigenvalue weighted by Gasteiger charge is 2.40. The van der Waals surface area contributed by atoms with Crippen LogP contribution in [0.1, 0.15) is 50.6 Å². The second kappa shape index (κ2) is 9.71. The topological polar surface area (TPSA) is 117 Å². The van der Waals surface area contributed by atoms with Crippen molar-refractivity contribution in [3.05, 3.63) is 57.8 Å². The minimum absolute atomic E-state index is 0.0344. The molecule has 9 nitrogen and oxygen atoms in total. The number of nitrogens with zero attached hydrogens (tertiary/aromatic N) is 4. The van der Waals surface area contributed by atoms with Crippen LogP contribution in [0.5, 0.6) is 0 Å². The van der Waals surface area contributed by atoms with Gasteiger partial charge < -0.3 is 10.4 Å². The van der Waals surface area contributed by atoms with Crippen molar-refractivity contribution < 1.29 is 13.5 Å². The van der Waals surface area contributed by atoms with Crippen molar-refractivity contribution in [1.29, 1.82) is 0 Å². The van der Waals surface area contributed by atoms with Gasteiger partial charge in [-0.1, -0.05) is 24.1 Å². The fourth-order valence-corrected chi connectivity index (χ4v) is 8.78. The quantitative estimate of drug-likeness (QED) is 0.355. The molecule has 6 rings (SSSR count). The molecule has 1 saturated carbocycles. The van der Waals surface area contributed by atoms with Gasteiger partial charge in [0.1, 0.15) is 10.5 Å². The van der Waals surface area contributed by atoms with Gasteiger partial charge in [-0.15, -0.1) is 17.8 Å². The van der Waals surface area contributed by atoms with E-state index in [1.54, 1.807) is 28.9 Å². The van der Waals surface area contributed by atoms with Gasteiger partial charge in [0.05, 0.1) is 17.2 Å². The van der Waals surface area contributed by atoms with E-state index in [0.29, 0.717) is 60.7 Å². The van der Waals surface area contributed by atoms with E-state index >= 15 is 0 Å². The molecule has 2 atom stereocenters. The summed E-state index contributed by atoms with van der Waals surface area (Å²) in [6.45, 7) is 2.49. The number of thiophene rings is 1. The molecule has 0 unspecified atom stereocenters. The first-order chi connectivity index (χ1) is 18.7. The van der Waals surface area contributed by atoms with Crippen molar-refractivity contribution in [3.63, 3.8) is 0 Å². The average molecular weight is 564 g/mol. The lowest BCUT2D eigenvalue weighted by molar-refractivity contribution is 0.0266. The number of hydrogen-bond acceptors (Lipinski definition) is 8. The van der Waals surface area contributed by atoms with Crippen molar-refractivity contribution in [2.24, 2.45) is 0 Å². The smallest absolute Gasteiger partial charge is 0.268 e. The Labute approximate surface area is 230 Å². The minimum atomic E-state index is -3.60. The zero-order valence-corrected chi connectivity index (χ0v) is 23.1. The molecule has 0 radical (unpaired) electrons. The van der Waals surface area contributed by atoms with Crippen LogP contribution in [0.4, 0.5) is 5.95 Å². The minimum Gasteiger partial charge on any atom is -0.388 e. The Morgan fingerprint density at radius 1 is 1.23 bits per heavy atom. The summed E-state index contributed by atoms with van der Waals surface area (Å²) in [4.78, 5) is 22.8. The summed E-state index contributed by atoms with van der Waals surface area (Å²) in [5, 5.41) is 17.4. The third kappa shape index (κ3) is 4.51. The van der Waals surface area contributed by atoms with Crippen LogP contribution in [-0.4, -0.2) is 57.1 Å². The Morgan fingerprint density at radius 3 is 2.72 bits per heavy atom. The van der Waals surface area contributed by atoms with E-state index in [-0.39, 0.29) is 17.2 Å². The van der Waals surface area contributed by atoms with Crippen molar-refractivity contribution in [3.8, 4) is 12.3 Å². The lowest BCUT2D eigenvalue weighted by Gasteiger charge is -2.31. The number of benzene rings is 1. The predicted molar refractivity (Wildman–Crippen MR) is 152 cm³/mol. The molecule has 0 amide bonds. The number of fused-ring (bicyclic) bond motifs is 2. The van der Waals surface area contributed by atoms with E-state index in [1.165, 1.54) is 15.9 Å². The van der Waals surface area contributed by atoms with Crippen molar-refractivity contribution >= 4 is 48.4 Å². The van der Waals surface area contributed by atoms with Gasteiger partial charge in [-0.3, -0.25) is 9.36 Å². The molecule has 0 bridgehead atoms. The summed E-state index contributed by atoms with van der Waals surface area (Å²) in [5.74, 6) is 2.81. The molecule has 0 spiro atoms. The molecule has 2 aliphatic rings. The van der Waals surface area contributed by atoms with Crippen molar-refractivity contribution in [2.75, 3.05) is 18.4 Å². The normalized spacial score (nSPS) is 22.8. The molecule has 39 heavy (non-hydrogen) atoms. The molecule has 4 aromatic rings. The number of rotatable bonds is 5. The molecule has 202 valence electrons. The maximum Gasteiger partial charge on any atom is 0.268 e. The SMILES string of the molecule is C#Cc1cc2cnc(NC3CCN(S(=O)(=O)c4csc5ccccc45)CC3)nc2n([C@@H]2CCC[C@@]2(C)O)c1=O. The van der Waals surface area contributed by atoms with Gasteiger partial charge in [0.15, 0.2) is 0 Å². The number of sulfonamides is 1. The van der Waals surface area contributed by atoms with E-state index in [4.69, 9.17) is 6.42 Å². The lowest BCUT2D eigenvalue weighted by atomic mass is 9.99. The predicted octanol–water partition coefficient (Wildman–Crippen LogP) is 3.73. The molecule has 1 aliphatic carbocycles. The number of aliphatic hydroxyl groups is 1. The molecule has 4 heterocycles. The van der Waals surface area contributed by atoms with Crippen LogP contribution in [0.2, 0.25) is 0 Å². The van der Waals surface area contributed by atoms with Crippen LogP contribution >= 0.6 is 11.3 Å². The third-order valence-electron chi connectivity index (χ3n) is 7.97. The molecular weight excluding hydrogens is 534 g/mol. The molecule has 1 aliphatic heterocycles. The van der Waals surface area contributed by atoms with Crippen molar-refractivity contribution in [2.45, 2.75) is 61.6 Å². The summed E-state index contributed by atoms with van der Waals surface area (Å²) in [6, 6.07) is 8.68. The maximum absolute atomic E-state index is 13.4. The summed E-state index contributed by atoms with van der Waals surface area (Å²) in [5.41, 5.74) is -0.759. The van der Waals surface area contributed by atoms with E-state index < -0.39 is 21.7 Å². The first-order valence-electron chi connectivity index (χ1n) is 13.0. The van der Waals surface area contributed by atoms with Crippen LogP contribution in [-0.2, 0) is 10.0 Å². The van der Waals surface area contributed by atoms with Crippen molar-refractivity contribution in [1.82, 2.24) is 18.8 Å². The van der Waals surface area contributed by atoms with Gasteiger partial charge in [-0.05, 0) is 51.2 Å². The molecule has 2 N–H and O–H groups in total. The average Bonchev–Trinajstić information content (AvgIpc) is 3.52. The monoisotopic (exact) mass is 563 g/mol. The second-order valence-corrected chi connectivity index (χ2v) is 13.4. The highest BCUT2D eigenvalue weighted by molar-refractivity contribution is 7.89. The van der Waals surface area contributed by atoms with Crippen LogP contribution in [0, 0.1) is 12.3 Å². The van der Waals surface area contributed by atoms with Crippen LogP contribution in [0.25, 0.3) is 21.1 Å². The molecule has 3 aromatic heterocycles. The lowest BCUT2D eigenvalue weighted by Crippen LogP contribution is -2.42. The van der Waals surface area contributed by atoms with Gasteiger partial charge in [0.2, 0.25) is 16.0 Å². The number of terminal acetylenes is 1. The van der Waals surface area contributed by atoms with Gasteiger partial charge in [0, 0.05) is 46.2 Å². The highest BCUT2D eigenvalue weighted by Crippen LogP contribution is 2.39. The zero-order chi connectivity index (χ0) is 27.4. The first-order valence-corrected chi connectivity index (χ1v) is 15.4. The van der Waals surface area contributed by atoms with E-state index in [1.807, 2.05) is 24.3 Å². The number of piperidine rings is 1. The number of nitrogens with one attached hydrogen (secondary N) is 1. The number of aromatic nitrogens is 3. The number of hydrogen-bond donors (Lipinski definition) is 2. The molecular formula is C28H29N5O4S2. The third-order valence-corrected chi connectivity index (χ3v) is 11.0. The molecule has 2 fully saturated rings. The number of anilines is 1. The zero-order valence-electron chi connectivity index (χ0n) is 21.5. The largest absolute Gasteiger partial charge is 0.388 e. The maximum atomic E-state index is 13.4. The Morgan fingerprint density at radius 2 is 2.00 bits per heavy atom. The van der Waals surface area contributed by atoms with Crippen LogP contribution < -0.4 is 10.9 Å². The Kier molecular flexibility index (Phi) is 6.46. The van der Waals surface area contributed by atoms with E-state index in [9.17, 15) is 18.3 Å². The Hall–Kier alpha value is -3.30. The van der Waals surface area contributed by atoms with Gasteiger partial charge >= 0.3 is 0 Å². The van der Waals surface area contributed by atoms with Gasteiger partial charge in [-0.2, -0.15) is 9.29 Å². The summed E-state index contributed by atoms with van der Waals surface area (Å²) in [6.07, 6.45) is 10.4. The fraction of sp³-hybridized carbons (Fsp3) is 0.393. The molecule has 11 heteroatoms. The van der Waals surface area contributed by atoms with E-state index in [2.05, 4.69) is 21.2 Å². The summed E-state index contributed by atoms with van der Waals surface area (Å²) < 4.78 is 30.8. The standard InChI is InChI=1S/C28H29N5O4S2/c1-3-18-15-19-16-29-27(31-25(19)33(26(18)34)24-9-6-12-28(24,2)35)30-20-10-13-32(14-11-20)39(36,37)23-17-38-22-8-5-4-7-21(22)23/h1,4-5,7-8,15-17,20,24,35H,6,9-14H2,2H3,(H,29,30,31)/t24-,28-/m1/s1. The second-order valence-electron chi connectivity index (χ2n) is 10.5. The number of pyridine rings is 1. The fourth-order valence-electron chi connectivity index (χ4n) is 5.84. The van der Waals surface area contributed by atoms with Crippen LogP contribution in [0.3, 0.4) is 0 Å². The highest BCUT2D eigenvalue weighted by atomic mass is 32.2. The summed E-state index contributed by atoms with van der Waals surface area (Å²) >= 11 is 1.44.